The number of rotatable bonds is 5. The fourth-order valence-electron chi connectivity index (χ4n) is 3.70. The summed E-state index contributed by atoms with van der Waals surface area (Å²) in [5.41, 5.74) is 1.57. The number of hydrogen-bond donors (Lipinski definition) is 2. The van der Waals surface area contributed by atoms with E-state index in [9.17, 15) is 14.7 Å². The molecule has 1 aliphatic rings. The normalized spacial score (nSPS) is 20.1. The lowest BCUT2D eigenvalue weighted by molar-refractivity contribution is -0.143. The highest BCUT2D eigenvalue weighted by atomic mass is 16.5. The van der Waals surface area contributed by atoms with Crippen LogP contribution >= 0.6 is 0 Å². The highest BCUT2D eigenvalue weighted by Gasteiger charge is 2.31. The maximum atomic E-state index is 12.8. The van der Waals surface area contributed by atoms with Crippen molar-refractivity contribution < 1.29 is 19.4 Å². The minimum Gasteiger partial charge on any atom is -0.497 e. The molecule has 2 aromatic rings. The Hall–Kier alpha value is -2.90. The summed E-state index contributed by atoms with van der Waals surface area (Å²) in [6.45, 7) is 1.77. The van der Waals surface area contributed by atoms with Gasteiger partial charge in [0.1, 0.15) is 5.75 Å². The van der Waals surface area contributed by atoms with Crippen LogP contribution in [0.4, 0.5) is 0 Å². The molecule has 1 aliphatic carbocycles. The van der Waals surface area contributed by atoms with Crippen LogP contribution in [0.1, 0.15) is 54.7 Å². The molecule has 0 aliphatic heterocycles. The van der Waals surface area contributed by atoms with E-state index in [4.69, 9.17) is 4.74 Å². The maximum Gasteiger partial charge on any atom is 0.308 e. The van der Waals surface area contributed by atoms with Crippen molar-refractivity contribution >= 4 is 11.9 Å². The summed E-state index contributed by atoms with van der Waals surface area (Å²) in [4.78, 5) is 24.5. The lowest BCUT2D eigenvalue weighted by Gasteiger charge is -2.27. The SMILES string of the molecule is COc1ccc(-n2nnc(C(=O)NC3CCCCCCC3C(=O)O)c2C)cc1. The number of benzene rings is 1. The number of carboxylic acid groups (broad SMARTS) is 1. The van der Waals surface area contributed by atoms with Crippen LogP contribution in [0, 0.1) is 12.8 Å². The van der Waals surface area contributed by atoms with E-state index in [1.54, 1.807) is 18.7 Å². The van der Waals surface area contributed by atoms with Crippen molar-refractivity contribution in [1.82, 2.24) is 20.3 Å². The van der Waals surface area contributed by atoms with E-state index >= 15 is 0 Å². The number of aliphatic carboxylic acids is 1. The third-order valence-electron chi connectivity index (χ3n) is 5.33. The number of carbonyl (C=O) groups is 2. The van der Waals surface area contributed by atoms with Crippen LogP contribution in [0.15, 0.2) is 24.3 Å². The molecule has 1 fully saturated rings. The molecule has 8 nitrogen and oxygen atoms in total. The van der Waals surface area contributed by atoms with Gasteiger partial charge in [0.25, 0.3) is 5.91 Å². The first-order valence-electron chi connectivity index (χ1n) is 9.61. The molecule has 8 heteroatoms. The van der Waals surface area contributed by atoms with Gasteiger partial charge < -0.3 is 15.2 Å². The van der Waals surface area contributed by atoms with Crippen LogP contribution in [0.5, 0.6) is 5.75 Å². The molecule has 28 heavy (non-hydrogen) atoms. The number of methoxy groups -OCH3 is 1. The van der Waals surface area contributed by atoms with E-state index in [0.717, 1.165) is 37.1 Å². The molecule has 2 N–H and O–H groups in total. The van der Waals surface area contributed by atoms with E-state index in [1.165, 1.54) is 0 Å². The smallest absolute Gasteiger partial charge is 0.308 e. The van der Waals surface area contributed by atoms with Gasteiger partial charge in [0.2, 0.25) is 0 Å². The molecular weight excluding hydrogens is 360 g/mol. The number of carbonyl (C=O) groups excluding carboxylic acids is 1. The van der Waals surface area contributed by atoms with Crippen molar-refractivity contribution in [2.45, 2.75) is 51.5 Å². The number of ether oxygens (including phenoxy) is 1. The van der Waals surface area contributed by atoms with Crippen LogP contribution in [0.2, 0.25) is 0 Å². The van der Waals surface area contributed by atoms with E-state index in [0.29, 0.717) is 18.5 Å². The van der Waals surface area contributed by atoms with Gasteiger partial charge in [0.05, 0.1) is 24.4 Å². The van der Waals surface area contributed by atoms with Crippen molar-refractivity contribution in [3.05, 3.63) is 35.7 Å². The molecule has 2 atom stereocenters. The van der Waals surface area contributed by atoms with Gasteiger partial charge in [-0.25, -0.2) is 4.68 Å². The first-order valence-corrected chi connectivity index (χ1v) is 9.61. The number of amides is 1. The second kappa shape index (κ2) is 8.86. The van der Waals surface area contributed by atoms with Crippen LogP contribution in [0.3, 0.4) is 0 Å². The van der Waals surface area contributed by atoms with E-state index < -0.39 is 17.9 Å². The Morgan fingerprint density at radius 1 is 1.14 bits per heavy atom. The molecule has 0 bridgehead atoms. The Labute approximate surface area is 163 Å². The summed E-state index contributed by atoms with van der Waals surface area (Å²) in [7, 11) is 1.60. The highest BCUT2D eigenvalue weighted by molar-refractivity contribution is 5.93. The Kier molecular flexibility index (Phi) is 6.28. The minimum absolute atomic E-state index is 0.210. The zero-order chi connectivity index (χ0) is 20.1. The molecule has 1 saturated carbocycles. The zero-order valence-electron chi connectivity index (χ0n) is 16.2. The van der Waals surface area contributed by atoms with Gasteiger partial charge in [-0.3, -0.25) is 9.59 Å². The number of nitrogens with zero attached hydrogens (tertiary/aromatic N) is 3. The quantitative estimate of drug-likeness (QED) is 0.818. The summed E-state index contributed by atoms with van der Waals surface area (Å²) in [5, 5.41) is 20.6. The summed E-state index contributed by atoms with van der Waals surface area (Å²) in [6, 6.07) is 6.88. The van der Waals surface area contributed by atoms with E-state index in [2.05, 4.69) is 15.6 Å². The number of nitrogens with one attached hydrogen (secondary N) is 1. The molecule has 1 heterocycles. The van der Waals surface area contributed by atoms with Gasteiger partial charge in [-0.15, -0.1) is 5.10 Å². The van der Waals surface area contributed by atoms with Crippen LogP contribution in [-0.4, -0.2) is 45.1 Å². The molecule has 3 rings (SSSR count). The van der Waals surface area contributed by atoms with Crippen LogP contribution in [-0.2, 0) is 4.79 Å². The summed E-state index contributed by atoms with van der Waals surface area (Å²) < 4.78 is 6.74. The molecular formula is C20H26N4O4. The summed E-state index contributed by atoms with van der Waals surface area (Å²) >= 11 is 0. The fourth-order valence-corrected chi connectivity index (χ4v) is 3.70. The Balaban J connectivity index is 1.78. The third kappa shape index (κ3) is 4.32. The predicted octanol–water partition coefficient (Wildman–Crippen LogP) is 2.74. The molecule has 2 unspecified atom stereocenters. The average molecular weight is 386 g/mol. The summed E-state index contributed by atoms with van der Waals surface area (Å²) in [6.07, 6.45) is 5.12. The van der Waals surface area contributed by atoms with Crippen molar-refractivity contribution in [2.75, 3.05) is 7.11 Å². The standard InChI is InChI=1S/C20H26N4O4/c1-13-18(22-23-24(13)14-9-11-15(28-2)12-10-14)19(25)21-17-8-6-4-3-5-7-16(17)20(26)27/h9-12,16-17H,3-8H2,1-2H3,(H,21,25)(H,26,27). The molecule has 1 aromatic carbocycles. The van der Waals surface area contributed by atoms with Crippen molar-refractivity contribution in [2.24, 2.45) is 5.92 Å². The average Bonchev–Trinajstić information content (AvgIpc) is 3.05. The van der Waals surface area contributed by atoms with Gasteiger partial charge in [0.15, 0.2) is 5.69 Å². The zero-order valence-corrected chi connectivity index (χ0v) is 16.2. The minimum atomic E-state index is -0.856. The molecule has 0 radical (unpaired) electrons. The van der Waals surface area contributed by atoms with Crippen LogP contribution < -0.4 is 10.1 Å². The molecule has 150 valence electrons. The van der Waals surface area contributed by atoms with Crippen molar-refractivity contribution in [3.8, 4) is 11.4 Å². The molecule has 0 spiro atoms. The fraction of sp³-hybridized carbons (Fsp3) is 0.500. The topological polar surface area (TPSA) is 106 Å². The first-order chi connectivity index (χ1) is 13.5. The van der Waals surface area contributed by atoms with E-state index in [-0.39, 0.29) is 11.6 Å². The highest BCUT2D eigenvalue weighted by Crippen LogP contribution is 2.24. The second-order valence-corrected chi connectivity index (χ2v) is 7.15. The van der Waals surface area contributed by atoms with Gasteiger partial charge in [-0.05, 0) is 44.0 Å². The molecule has 1 aromatic heterocycles. The van der Waals surface area contributed by atoms with Crippen molar-refractivity contribution in [1.29, 1.82) is 0 Å². The second-order valence-electron chi connectivity index (χ2n) is 7.15. The van der Waals surface area contributed by atoms with E-state index in [1.807, 2.05) is 24.3 Å². The van der Waals surface area contributed by atoms with Gasteiger partial charge in [-0.2, -0.15) is 0 Å². The Morgan fingerprint density at radius 3 is 2.46 bits per heavy atom. The largest absolute Gasteiger partial charge is 0.497 e. The lowest BCUT2D eigenvalue weighted by atomic mass is 9.86. The Morgan fingerprint density at radius 2 is 1.82 bits per heavy atom. The van der Waals surface area contributed by atoms with Gasteiger partial charge >= 0.3 is 5.97 Å². The number of hydrogen-bond acceptors (Lipinski definition) is 5. The maximum absolute atomic E-state index is 12.8. The third-order valence-corrected chi connectivity index (χ3v) is 5.33. The lowest BCUT2D eigenvalue weighted by Crippen LogP contribution is -2.44. The monoisotopic (exact) mass is 386 g/mol. The Bertz CT molecular complexity index is 831. The molecule has 1 amide bonds. The number of aromatic nitrogens is 3. The van der Waals surface area contributed by atoms with Gasteiger partial charge in [-0.1, -0.05) is 30.9 Å². The van der Waals surface area contributed by atoms with Gasteiger partial charge in [0, 0.05) is 6.04 Å². The van der Waals surface area contributed by atoms with Crippen LogP contribution in [0.25, 0.3) is 5.69 Å². The predicted molar refractivity (Wildman–Crippen MR) is 103 cm³/mol. The number of carboxylic acids is 1. The van der Waals surface area contributed by atoms with Crippen molar-refractivity contribution in [3.63, 3.8) is 0 Å². The first kappa shape index (κ1) is 19.9. The summed E-state index contributed by atoms with van der Waals surface area (Å²) in [5.74, 6) is -1.08. The molecule has 0 saturated heterocycles.